The van der Waals surface area contributed by atoms with Crippen LogP contribution in [0.5, 0.6) is 0 Å². The fourth-order valence-electron chi connectivity index (χ4n) is 1.59. The second kappa shape index (κ2) is 6.32. The van der Waals surface area contributed by atoms with Crippen LogP contribution in [-0.4, -0.2) is 10.9 Å². The minimum Gasteiger partial charge on any atom is -0.457 e. The molecule has 0 fully saturated rings. The van der Waals surface area contributed by atoms with Gasteiger partial charge in [-0.1, -0.05) is 11.6 Å². The second-order valence-electron chi connectivity index (χ2n) is 4.12. The van der Waals surface area contributed by atoms with E-state index in [2.05, 4.69) is 0 Å². The van der Waals surface area contributed by atoms with Crippen molar-refractivity contribution in [2.24, 2.45) is 0 Å². The highest BCUT2D eigenvalue weighted by Crippen LogP contribution is 2.17. The van der Waals surface area contributed by atoms with Gasteiger partial charge in [-0.15, -0.1) is 0 Å². The highest BCUT2D eigenvalue weighted by molar-refractivity contribution is 6.30. The van der Waals surface area contributed by atoms with Crippen LogP contribution in [0.1, 0.15) is 15.9 Å². The lowest BCUT2D eigenvalue weighted by Gasteiger charge is -2.06. The molecule has 0 saturated heterocycles. The third-order valence-corrected chi connectivity index (χ3v) is 2.90. The van der Waals surface area contributed by atoms with Gasteiger partial charge in [0.15, 0.2) is 0 Å². The largest absolute Gasteiger partial charge is 0.457 e. The van der Waals surface area contributed by atoms with E-state index in [1.807, 2.05) is 0 Å². The molecule has 2 aromatic carbocycles. The molecule has 0 heterocycles. The van der Waals surface area contributed by atoms with Crippen molar-refractivity contribution in [3.05, 3.63) is 74.5 Å². The summed E-state index contributed by atoms with van der Waals surface area (Å²) in [6.45, 7) is -0.122. The minimum absolute atomic E-state index is 0.0639. The van der Waals surface area contributed by atoms with Gasteiger partial charge in [-0.3, -0.25) is 10.1 Å². The molecule has 108 valence electrons. The normalized spacial score (nSPS) is 10.2. The number of non-ortho nitro benzene ring substituents is 1. The summed E-state index contributed by atoms with van der Waals surface area (Å²) in [7, 11) is 0. The lowest BCUT2D eigenvalue weighted by molar-refractivity contribution is -0.384. The van der Waals surface area contributed by atoms with Gasteiger partial charge in [0.2, 0.25) is 0 Å². The van der Waals surface area contributed by atoms with E-state index in [9.17, 15) is 19.3 Å². The molecule has 0 spiro atoms. The Hall–Kier alpha value is -2.47. The van der Waals surface area contributed by atoms with Crippen LogP contribution in [0.2, 0.25) is 5.02 Å². The Balaban J connectivity index is 2.04. The number of rotatable bonds is 4. The highest BCUT2D eigenvalue weighted by atomic mass is 35.5. The monoisotopic (exact) mass is 309 g/mol. The number of halogens is 2. The Labute approximate surface area is 124 Å². The zero-order chi connectivity index (χ0) is 15.4. The van der Waals surface area contributed by atoms with E-state index >= 15 is 0 Å². The highest BCUT2D eigenvalue weighted by Gasteiger charge is 2.14. The first-order valence-electron chi connectivity index (χ1n) is 5.83. The Kier molecular flexibility index (Phi) is 4.49. The maximum atomic E-state index is 13.5. The van der Waals surface area contributed by atoms with E-state index in [-0.39, 0.29) is 22.9 Å². The number of nitro groups is 1. The number of esters is 1. The predicted molar refractivity (Wildman–Crippen MR) is 73.6 cm³/mol. The first kappa shape index (κ1) is 14.9. The first-order valence-corrected chi connectivity index (χ1v) is 6.20. The zero-order valence-electron chi connectivity index (χ0n) is 10.6. The number of hydrogen-bond acceptors (Lipinski definition) is 4. The molecule has 0 atom stereocenters. The van der Waals surface area contributed by atoms with E-state index in [1.54, 1.807) is 0 Å². The van der Waals surface area contributed by atoms with Gasteiger partial charge in [0.05, 0.1) is 10.5 Å². The summed E-state index contributed by atoms with van der Waals surface area (Å²) in [4.78, 5) is 21.7. The van der Waals surface area contributed by atoms with Gasteiger partial charge in [-0.25, -0.2) is 9.18 Å². The number of nitrogens with zero attached hydrogens (tertiary/aromatic N) is 1. The van der Waals surface area contributed by atoms with Crippen LogP contribution in [-0.2, 0) is 11.3 Å². The molecular weight excluding hydrogens is 301 g/mol. The van der Waals surface area contributed by atoms with E-state index in [0.29, 0.717) is 5.56 Å². The standard InChI is InChI=1S/C14H9ClFNO4/c15-10-3-6-13(16)12(7-10)14(18)21-8-9-1-4-11(5-2-9)17(19)20/h1-7H,8H2. The molecule has 0 aliphatic heterocycles. The molecular formula is C14H9ClFNO4. The molecule has 0 radical (unpaired) electrons. The SMILES string of the molecule is O=C(OCc1ccc([N+](=O)[O-])cc1)c1cc(Cl)ccc1F. The van der Waals surface area contributed by atoms with Crippen molar-refractivity contribution in [1.82, 2.24) is 0 Å². The van der Waals surface area contributed by atoms with Crippen molar-refractivity contribution in [2.75, 3.05) is 0 Å². The van der Waals surface area contributed by atoms with Crippen molar-refractivity contribution in [1.29, 1.82) is 0 Å². The molecule has 5 nitrogen and oxygen atoms in total. The summed E-state index contributed by atoms with van der Waals surface area (Å²) in [6.07, 6.45) is 0. The van der Waals surface area contributed by atoms with Crippen LogP contribution >= 0.6 is 11.6 Å². The van der Waals surface area contributed by atoms with Crippen LogP contribution < -0.4 is 0 Å². The zero-order valence-corrected chi connectivity index (χ0v) is 11.3. The van der Waals surface area contributed by atoms with Crippen molar-refractivity contribution in [3.8, 4) is 0 Å². The number of nitro benzene ring substituents is 1. The summed E-state index contributed by atoms with van der Waals surface area (Å²) in [6, 6.07) is 9.08. The van der Waals surface area contributed by atoms with Gasteiger partial charge >= 0.3 is 5.97 Å². The van der Waals surface area contributed by atoms with Gasteiger partial charge in [0.25, 0.3) is 5.69 Å². The van der Waals surface area contributed by atoms with Crippen LogP contribution in [0.3, 0.4) is 0 Å². The molecule has 0 amide bonds. The van der Waals surface area contributed by atoms with Crippen LogP contribution in [0, 0.1) is 15.9 Å². The Bertz CT molecular complexity index is 688. The Morgan fingerprint density at radius 1 is 1.24 bits per heavy atom. The molecule has 2 aromatic rings. The van der Waals surface area contributed by atoms with E-state index in [0.717, 1.165) is 6.07 Å². The predicted octanol–water partition coefficient (Wildman–Crippen LogP) is 3.74. The molecule has 0 N–H and O–H groups in total. The van der Waals surface area contributed by atoms with Crippen molar-refractivity contribution in [2.45, 2.75) is 6.61 Å². The molecule has 0 aliphatic carbocycles. The van der Waals surface area contributed by atoms with Gasteiger partial charge in [0, 0.05) is 17.2 Å². The van der Waals surface area contributed by atoms with Gasteiger partial charge in [0.1, 0.15) is 12.4 Å². The molecule has 2 rings (SSSR count). The molecule has 21 heavy (non-hydrogen) atoms. The quantitative estimate of drug-likeness (QED) is 0.490. The van der Waals surface area contributed by atoms with Gasteiger partial charge in [-0.2, -0.15) is 0 Å². The summed E-state index contributed by atoms with van der Waals surface area (Å²) in [5.41, 5.74) is 0.228. The summed E-state index contributed by atoms with van der Waals surface area (Å²) >= 11 is 5.69. The fourth-order valence-corrected chi connectivity index (χ4v) is 1.77. The lowest BCUT2D eigenvalue weighted by Crippen LogP contribution is -2.07. The number of ether oxygens (including phenoxy) is 1. The summed E-state index contributed by atoms with van der Waals surface area (Å²) < 4.78 is 18.4. The van der Waals surface area contributed by atoms with Crippen molar-refractivity contribution < 1.29 is 18.8 Å². The smallest absolute Gasteiger partial charge is 0.341 e. The number of carbonyl (C=O) groups excluding carboxylic acids is 1. The number of carbonyl (C=O) groups is 1. The average molecular weight is 310 g/mol. The van der Waals surface area contributed by atoms with Crippen LogP contribution in [0.15, 0.2) is 42.5 Å². The van der Waals surface area contributed by atoms with Crippen molar-refractivity contribution in [3.63, 3.8) is 0 Å². The Morgan fingerprint density at radius 2 is 1.90 bits per heavy atom. The molecule has 0 aromatic heterocycles. The minimum atomic E-state index is -0.853. The van der Waals surface area contributed by atoms with E-state index in [1.165, 1.54) is 36.4 Å². The fraction of sp³-hybridized carbons (Fsp3) is 0.0714. The van der Waals surface area contributed by atoms with Gasteiger partial charge in [-0.05, 0) is 35.9 Å². The van der Waals surface area contributed by atoms with Crippen LogP contribution in [0.4, 0.5) is 10.1 Å². The maximum Gasteiger partial charge on any atom is 0.341 e. The average Bonchev–Trinajstić information content (AvgIpc) is 2.47. The first-order chi connectivity index (χ1) is 9.97. The number of hydrogen-bond donors (Lipinski definition) is 0. The van der Waals surface area contributed by atoms with E-state index < -0.39 is 16.7 Å². The molecule has 0 aliphatic rings. The third-order valence-electron chi connectivity index (χ3n) is 2.67. The van der Waals surface area contributed by atoms with Crippen molar-refractivity contribution >= 4 is 23.3 Å². The summed E-state index contributed by atoms with van der Waals surface area (Å²) in [5.74, 6) is -1.58. The Morgan fingerprint density at radius 3 is 2.52 bits per heavy atom. The molecule has 0 bridgehead atoms. The number of benzene rings is 2. The lowest BCUT2D eigenvalue weighted by atomic mass is 10.2. The van der Waals surface area contributed by atoms with Gasteiger partial charge < -0.3 is 4.74 Å². The molecule has 0 saturated carbocycles. The maximum absolute atomic E-state index is 13.5. The van der Waals surface area contributed by atoms with Crippen LogP contribution in [0.25, 0.3) is 0 Å². The third kappa shape index (κ3) is 3.76. The van der Waals surface area contributed by atoms with E-state index in [4.69, 9.17) is 16.3 Å². The topological polar surface area (TPSA) is 69.4 Å². The molecule has 7 heteroatoms. The molecule has 0 unspecified atom stereocenters. The summed E-state index contributed by atoms with van der Waals surface area (Å²) in [5, 5.41) is 10.7. The second-order valence-corrected chi connectivity index (χ2v) is 4.56.